The molecule has 0 bridgehead atoms. The first-order valence-electron chi connectivity index (χ1n) is 4.99. The lowest BCUT2D eigenvalue weighted by molar-refractivity contribution is 0.337. The van der Waals surface area contributed by atoms with Gasteiger partial charge in [0.25, 0.3) is 0 Å². The number of rotatable bonds is 3. The van der Waals surface area contributed by atoms with Crippen LogP contribution < -0.4 is 0 Å². The molecule has 0 aromatic heterocycles. The van der Waals surface area contributed by atoms with E-state index in [0.29, 0.717) is 11.5 Å². The molecular formula is C13H15NO. The summed E-state index contributed by atoms with van der Waals surface area (Å²) in [6, 6.07) is 9.96. The zero-order valence-electron chi connectivity index (χ0n) is 9.07. The maximum Gasteiger partial charge on any atom is 0.0971 e. The molecule has 0 saturated carbocycles. The predicted molar refractivity (Wildman–Crippen MR) is 61.2 cm³/mol. The molecule has 0 spiro atoms. The molecule has 0 atom stereocenters. The Kier molecular flexibility index (Phi) is 4.08. The fourth-order valence-corrected chi connectivity index (χ4v) is 1.29. The molecule has 0 aliphatic rings. The molecule has 0 unspecified atom stereocenters. The molecule has 0 amide bonds. The minimum Gasteiger partial charge on any atom is -0.391 e. The van der Waals surface area contributed by atoms with Crippen molar-refractivity contribution in [2.75, 3.05) is 6.61 Å². The molecule has 0 aliphatic heterocycles. The van der Waals surface area contributed by atoms with E-state index in [1.807, 2.05) is 30.3 Å². The third kappa shape index (κ3) is 3.23. The van der Waals surface area contributed by atoms with Gasteiger partial charge in [0.15, 0.2) is 0 Å². The van der Waals surface area contributed by atoms with Crippen molar-refractivity contribution in [3.8, 4) is 6.07 Å². The third-order valence-electron chi connectivity index (χ3n) is 2.26. The fraction of sp³-hybridized carbons (Fsp3) is 0.308. The van der Waals surface area contributed by atoms with Gasteiger partial charge in [-0.2, -0.15) is 5.26 Å². The number of nitriles is 1. The van der Waals surface area contributed by atoms with Crippen LogP contribution in [0.15, 0.2) is 29.8 Å². The molecule has 0 heterocycles. The first kappa shape index (κ1) is 11.5. The Labute approximate surface area is 90.5 Å². The lowest BCUT2D eigenvalue weighted by Gasteiger charge is -2.04. The lowest BCUT2D eigenvalue weighted by atomic mass is 10.0. The van der Waals surface area contributed by atoms with Gasteiger partial charge in [-0.05, 0) is 23.1 Å². The van der Waals surface area contributed by atoms with Crippen molar-refractivity contribution < 1.29 is 5.11 Å². The highest BCUT2D eigenvalue weighted by atomic mass is 16.3. The first-order chi connectivity index (χ1) is 7.17. The van der Waals surface area contributed by atoms with E-state index in [-0.39, 0.29) is 6.61 Å². The standard InChI is InChI=1S/C13H15NO/c1-10(2)13-5-3-11(4-6-13)7-12(8-14)9-15/h3-7,10,15H,9H2,1-2H3/b12-7+. The Balaban J connectivity index is 2.90. The first-order valence-corrected chi connectivity index (χ1v) is 4.99. The summed E-state index contributed by atoms with van der Waals surface area (Å²) in [6.45, 7) is 4.07. The van der Waals surface area contributed by atoms with Crippen LogP contribution in [-0.2, 0) is 0 Å². The van der Waals surface area contributed by atoms with Crippen LogP contribution >= 0.6 is 0 Å². The van der Waals surface area contributed by atoms with Crippen molar-refractivity contribution in [1.82, 2.24) is 0 Å². The van der Waals surface area contributed by atoms with Gasteiger partial charge >= 0.3 is 0 Å². The maximum absolute atomic E-state index is 8.84. The summed E-state index contributed by atoms with van der Waals surface area (Å²) in [5.74, 6) is 0.510. The van der Waals surface area contributed by atoms with Crippen molar-refractivity contribution in [2.24, 2.45) is 0 Å². The van der Waals surface area contributed by atoms with E-state index < -0.39 is 0 Å². The molecule has 0 fully saturated rings. The van der Waals surface area contributed by atoms with Gasteiger partial charge in [0.1, 0.15) is 0 Å². The van der Waals surface area contributed by atoms with Crippen molar-refractivity contribution in [3.05, 3.63) is 41.0 Å². The Bertz CT molecular complexity index is 382. The smallest absolute Gasteiger partial charge is 0.0971 e. The van der Waals surface area contributed by atoms with Crippen molar-refractivity contribution in [3.63, 3.8) is 0 Å². The van der Waals surface area contributed by atoms with E-state index in [1.54, 1.807) is 6.08 Å². The van der Waals surface area contributed by atoms with E-state index in [1.165, 1.54) is 5.56 Å². The molecule has 1 N–H and O–H groups in total. The summed E-state index contributed by atoms with van der Waals surface area (Å²) in [6.07, 6.45) is 1.70. The van der Waals surface area contributed by atoms with Gasteiger partial charge in [-0.3, -0.25) is 0 Å². The summed E-state index contributed by atoms with van der Waals surface area (Å²) in [5.41, 5.74) is 2.60. The average Bonchev–Trinajstić information content (AvgIpc) is 2.26. The summed E-state index contributed by atoms with van der Waals surface area (Å²) in [7, 11) is 0. The summed E-state index contributed by atoms with van der Waals surface area (Å²) in [4.78, 5) is 0. The second-order valence-electron chi connectivity index (χ2n) is 3.76. The Morgan fingerprint density at radius 3 is 2.40 bits per heavy atom. The molecule has 1 aromatic carbocycles. The molecule has 2 nitrogen and oxygen atoms in total. The number of hydrogen-bond donors (Lipinski definition) is 1. The van der Waals surface area contributed by atoms with Crippen molar-refractivity contribution in [2.45, 2.75) is 19.8 Å². The Hall–Kier alpha value is -1.59. The quantitative estimate of drug-likeness (QED) is 0.764. The van der Waals surface area contributed by atoms with Gasteiger partial charge in [-0.25, -0.2) is 0 Å². The summed E-state index contributed by atoms with van der Waals surface area (Å²) >= 11 is 0. The minimum atomic E-state index is -0.206. The third-order valence-corrected chi connectivity index (χ3v) is 2.26. The lowest BCUT2D eigenvalue weighted by Crippen LogP contribution is -1.88. The number of benzene rings is 1. The average molecular weight is 201 g/mol. The van der Waals surface area contributed by atoms with Crippen molar-refractivity contribution in [1.29, 1.82) is 5.26 Å². The van der Waals surface area contributed by atoms with Crippen molar-refractivity contribution >= 4 is 6.08 Å². The van der Waals surface area contributed by atoms with Gasteiger partial charge in [0.2, 0.25) is 0 Å². The topological polar surface area (TPSA) is 44.0 Å². The van der Waals surface area contributed by atoms with Gasteiger partial charge in [0, 0.05) is 0 Å². The van der Waals surface area contributed by atoms with Gasteiger partial charge in [0.05, 0.1) is 18.2 Å². The molecule has 0 saturated heterocycles. The molecular weight excluding hydrogens is 186 g/mol. The second kappa shape index (κ2) is 5.33. The van der Waals surface area contributed by atoms with E-state index in [2.05, 4.69) is 13.8 Å². The van der Waals surface area contributed by atoms with E-state index in [0.717, 1.165) is 5.56 Å². The van der Waals surface area contributed by atoms with Crippen LogP contribution in [0.5, 0.6) is 0 Å². The highest BCUT2D eigenvalue weighted by Crippen LogP contribution is 2.15. The van der Waals surface area contributed by atoms with Crippen LogP contribution in [0.3, 0.4) is 0 Å². The predicted octanol–water partition coefficient (Wildman–Crippen LogP) is 2.71. The van der Waals surface area contributed by atoms with Gasteiger partial charge in [-0.15, -0.1) is 0 Å². The minimum absolute atomic E-state index is 0.206. The highest BCUT2D eigenvalue weighted by molar-refractivity contribution is 5.57. The zero-order chi connectivity index (χ0) is 11.3. The molecule has 2 heteroatoms. The van der Waals surface area contributed by atoms with Crippen LogP contribution in [0, 0.1) is 11.3 Å². The number of aliphatic hydroxyl groups is 1. The Morgan fingerprint density at radius 2 is 2.00 bits per heavy atom. The number of aliphatic hydroxyl groups excluding tert-OH is 1. The molecule has 0 radical (unpaired) electrons. The zero-order valence-corrected chi connectivity index (χ0v) is 9.07. The van der Waals surface area contributed by atoms with Crippen LogP contribution in [0.4, 0.5) is 0 Å². The largest absolute Gasteiger partial charge is 0.391 e. The summed E-state index contributed by atoms with van der Waals surface area (Å²) in [5, 5.41) is 17.5. The maximum atomic E-state index is 8.84. The molecule has 15 heavy (non-hydrogen) atoms. The molecule has 0 aliphatic carbocycles. The molecule has 1 rings (SSSR count). The normalized spacial score (nSPS) is 11.5. The highest BCUT2D eigenvalue weighted by Gasteiger charge is 1.98. The number of hydrogen-bond acceptors (Lipinski definition) is 2. The van der Waals surface area contributed by atoms with Gasteiger partial charge in [-0.1, -0.05) is 38.1 Å². The monoisotopic (exact) mass is 201 g/mol. The summed E-state index contributed by atoms with van der Waals surface area (Å²) < 4.78 is 0. The van der Waals surface area contributed by atoms with Crippen LogP contribution in [0.25, 0.3) is 6.08 Å². The number of nitrogens with zero attached hydrogens (tertiary/aromatic N) is 1. The van der Waals surface area contributed by atoms with Gasteiger partial charge < -0.3 is 5.11 Å². The molecule has 78 valence electrons. The SMILES string of the molecule is CC(C)c1ccc(/C=C(\C#N)CO)cc1. The van der Waals surface area contributed by atoms with Crippen LogP contribution in [-0.4, -0.2) is 11.7 Å². The van der Waals surface area contributed by atoms with E-state index in [4.69, 9.17) is 10.4 Å². The van der Waals surface area contributed by atoms with E-state index >= 15 is 0 Å². The second-order valence-corrected chi connectivity index (χ2v) is 3.76. The van der Waals surface area contributed by atoms with Crippen LogP contribution in [0.1, 0.15) is 30.9 Å². The van der Waals surface area contributed by atoms with E-state index in [9.17, 15) is 0 Å². The Morgan fingerprint density at radius 1 is 1.40 bits per heavy atom. The fourth-order valence-electron chi connectivity index (χ4n) is 1.29. The van der Waals surface area contributed by atoms with Crippen LogP contribution in [0.2, 0.25) is 0 Å². The molecule has 1 aromatic rings.